The van der Waals surface area contributed by atoms with Crippen molar-refractivity contribution in [1.29, 1.82) is 0 Å². The summed E-state index contributed by atoms with van der Waals surface area (Å²) in [4.78, 5) is 12.7. The molecular formula is C19H16ClN7OS. The molecule has 0 N–H and O–H groups in total. The van der Waals surface area contributed by atoms with Crippen molar-refractivity contribution in [2.75, 3.05) is 31.2 Å². The summed E-state index contributed by atoms with van der Waals surface area (Å²) in [7, 11) is 0. The van der Waals surface area contributed by atoms with E-state index in [0.717, 1.165) is 34.9 Å². The number of ether oxygens (including phenoxy) is 1. The number of morpholine rings is 1. The smallest absolute Gasteiger partial charge is 0.226 e. The van der Waals surface area contributed by atoms with Gasteiger partial charge in [0, 0.05) is 24.3 Å². The van der Waals surface area contributed by atoms with Crippen LogP contribution in [-0.2, 0) is 4.74 Å². The molecule has 0 saturated carbocycles. The van der Waals surface area contributed by atoms with E-state index in [9.17, 15) is 0 Å². The summed E-state index contributed by atoms with van der Waals surface area (Å²) in [5, 5.41) is 15.0. The fourth-order valence-electron chi connectivity index (χ4n) is 3.16. The molecule has 1 aliphatic rings. The Morgan fingerprint density at radius 2 is 1.90 bits per heavy atom. The van der Waals surface area contributed by atoms with Gasteiger partial charge in [-0.05, 0) is 46.1 Å². The van der Waals surface area contributed by atoms with Crippen molar-refractivity contribution in [3.05, 3.63) is 53.0 Å². The van der Waals surface area contributed by atoms with Crippen molar-refractivity contribution >= 4 is 28.9 Å². The van der Waals surface area contributed by atoms with Gasteiger partial charge in [-0.15, -0.1) is 16.4 Å². The van der Waals surface area contributed by atoms with Gasteiger partial charge in [0.1, 0.15) is 0 Å². The first-order valence-corrected chi connectivity index (χ1v) is 10.3. The largest absolute Gasteiger partial charge is 0.378 e. The highest BCUT2D eigenvalue weighted by atomic mass is 35.5. The summed E-state index contributed by atoms with van der Waals surface area (Å²) < 4.78 is 7.11. The Hall–Kier alpha value is -2.88. The van der Waals surface area contributed by atoms with Crippen LogP contribution in [0.3, 0.4) is 0 Å². The van der Waals surface area contributed by atoms with E-state index in [-0.39, 0.29) is 0 Å². The molecule has 4 aromatic rings. The molecule has 29 heavy (non-hydrogen) atoms. The average Bonchev–Trinajstić information content (AvgIpc) is 3.47. The van der Waals surface area contributed by atoms with E-state index in [1.54, 1.807) is 34.3 Å². The van der Waals surface area contributed by atoms with Crippen molar-refractivity contribution in [3.63, 3.8) is 0 Å². The van der Waals surface area contributed by atoms with Crippen LogP contribution < -0.4 is 4.90 Å². The zero-order valence-corrected chi connectivity index (χ0v) is 16.8. The zero-order chi connectivity index (χ0) is 19.6. The summed E-state index contributed by atoms with van der Waals surface area (Å²) in [6.07, 6.45) is 1.80. The average molecular weight is 426 g/mol. The molecule has 1 aromatic carbocycles. The van der Waals surface area contributed by atoms with Gasteiger partial charge < -0.3 is 9.64 Å². The van der Waals surface area contributed by atoms with Crippen molar-refractivity contribution in [1.82, 2.24) is 30.2 Å². The predicted octanol–water partition coefficient (Wildman–Crippen LogP) is 3.34. The molecule has 3 aromatic heterocycles. The third-order valence-corrected chi connectivity index (χ3v) is 5.73. The number of thiophene rings is 1. The summed E-state index contributed by atoms with van der Waals surface area (Å²) in [6, 6.07) is 11.4. The third kappa shape index (κ3) is 3.59. The van der Waals surface area contributed by atoms with Crippen LogP contribution in [0, 0.1) is 0 Å². The quantitative estimate of drug-likeness (QED) is 0.496. The maximum absolute atomic E-state index is 6.02. The standard InChI is InChI=1S/C19H16ClN7OS/c20-13-3-5-14(6-4-13)27-18(23-24-25-27)15-12-21-19(26-7-9-28-10-8-26)22-17(15)16-2-1-11-29-16/h1-6,11-12H,7-10H2. The lowest BCUT2D eigenvalue weighted by molar-refractivity contribution is 0.122. The van der Waals surface area contributed by atoms with E-state index in [1.165, 1.54) is 0 Å². The highest BCUT2D eigenvalue weighted by molar-refractivity contribution is 7.13. The summed E-state index contributed by atoms with van der Waals surface area (Å²) in [5.74, 6) is 1.26. The van der Waals surface area contributed by atoms with E-state index >= 15 is 0 Å². The van der Waals surface area contributed by atoms with E-state index in [2.05, 4.69) is 25.4 Å². The van der Waals surface area contributed by atoms with Gasteiger partial charge >= 0.3 is 0 Å². The van der Waals surface area contributed by atoms with Crippen molar-refractivity contribution in [2.24, 2.45) is 0 Å². The molecule has 10 heteroatoms. The Bertz CT molecular complexity index is 1110. The van der Waals surface area contributed by atoms with E-state index in [1.807, 2.05) is 29.6 Å². The summed E-state index contributed by atoms with van der Waals surface area (Å²) in [5.41, 5.74) is 2.38. The molecule has 0 bridgehead atoms. The molecular weight excluding hydrogens is 410 g/mol. The van der Waals surface area contributed by atoms with Crippen LogP contribution in [0.4, 0.5) is 5.95 Å². The molecule has 146 valence electrons. The number of benzene rings is 1. The lowest BCUT2D eigenvalue weighted by atomic mass is 10.2. The van der Waals surface area contributed by atoms with Gasteiger partial charge in [0.05, 0.1) is 35.0 Å². The first-order valence-electron chi connectivity index (χ1n) is 9.08. The molecule has 4 heterocycles. The topological polar surface area (TPSA) is 81.9 Å². The van der Waals surface area contributed by atoms with Crippen LogP contribution in [-0.4, -0.2) is 56.5 Å². The molecule has 0 unspecified atom stereocenters. The lowest BCUT2D eigenvalue weighted by Gasteiger charge is -2.27. The van der Waals surface area contributed by atoms with E-state index in [4.69, 9.17) is 21.3 Å². The number of rotatable bonds is 4. The second-order valence-electron chi connectivity index (χ2n) is 6.40. The molecule has 0 aliphatic carbocycles. The molecule has 1 aliphatic heterocycles. The SMILES string of the molecule is Clc1ccc(-n2nnnc2-c2cnc(N3CCOCC3)nc2-c2cccs2)cc1. The van der Waals surface area contributed by atoms with Gasteiger partial charge in [0.15, 0.2) is 5.82 Å². The van der Waals surface area contributed by atoms with Crippen molar-refractivity contribution in [3.8, 4) is 27.6 Å². The highest BCUT2D eigenvalue weighted by Crippen LogP contribution is 2.33. The Morgan fingerprint density at radius 1 is 1.07 bits per heavy atom. The molecule has 1 fully saturated rings. The first-order chi connectivity index (χ1) is 14.3. The summed E-state index contributed by atoms with van der Waals surface area (Å²) in [6.45, 7) is 2.89. The second-order valence-corrected chi connectivity index (χ2v) is 7.78. The van der Waals surface area contributed by atoms with Crippen LogP contribution in [0.2, 0.25) is 5.02 Å². The summed E-state index contributed by atoms with van der Waals surface area (Å²) >= 11 is 7.64. The zero-order valence-electron chi connectivity index (χ0n) is 15.3. The van der Waals surface area contributed by atoms with Gasteiger partial charge in [0.2, 0.25) is 5.95 Å². The van der Waals surface area contributed by atoms with Gasteiger partial charge in [-0.2, -0.15) is 4.68 Å². The van der Waals surface area contributed by atoms with Crippen LogP contribution >= 0.6 is 22.9 Å². The minimum atomic E-state index is 0.573. The second kappa shape index (κ2) is 7.86. The minimum absolute atomic E-state index is 0.573. The molecule has 8 nitrogen and oxygen atoms in total. The third-order valence-electron chi connectivity index (χ3n) is 4.61. The number of aromatic nitrogens is 6. The Morgan fingerprint density at radius 3 is 2.66 bits per heavy atom. The molecule has 5 rings (SSSR count). The van der Waals surface area contributed by atoms with E-state index in [0.29, 0.717) is 30.0 Å². The maximum atomic E-state index is 6.02. The Kier molecular flexibility index (Phi) is 4.92. The van der Waals surface area contributed by atoms with Crippen LogP contribution in [0.25, 0.3) is 27.6 Å². The van der Waals surface area contributed by atoms with Gasteiger partial charge in [-0.25, -0.2) is 9.97 Å². The Balaban J connectivity index is 1.62. The fraction of sp³-hybridized carbons (Fsp3) is 0.211. The normalized spacial score (nSPS) is 14.3. The van der Waals surface area contributed by atoms with Gasteiger partial charge in [-0.1, -0.05) is 17.7 Å². The number of tetrazole rings is 1. The Labute approximate surface area is 175 Å². The molecule has 1 saturated heterocycles. The number of anilines is 1. The molecule has 0 radical (unpaired) electrons. The number of hydrogen-bond donors (Lipinski definition) is 0. The fourth-order valence-corrected chi connectivity index (χ4v) is 4.02. The maximum Gasteiger partial charge on any atom is 0.226 e. The number of halogens is 1. The van der Waals surface area contributed by atoms with Crippen molar-refractivity contribution in [2.45, 2.75) is 0 Å². The van der Waals surface area contributed by atoms with Gasteiger partial charge in [0.25, 0.3) is 0 Å². The van der Waals surface area contributed by atoms with E-state index < -0.39 is 0 Å². The number of hydrogen-bond acceptors (Lipinski definition) is 8. The first kappa shape index (κ1) is 18.2. The molecule has 0 amide bonds. The highest BCUT2D eigenvalue weighted by Gasteiger charge is 2.21. The van der Waals surface area contributed by atoms with Gasteiger partial charge in [-0.3, -0.25) is 0 Å². The van der Waals surface area contributed by atoms with Crippen molar-refractivity contribution < 1.29 is 4.74 Å². The van der Waals surface area contributed by atoms with Crippen LogP contribution in [0.1, 0.15) is 0 Å². The minimum Gasteiger partial charge on any atom is -0.378 e. The predicted molar refractivity (Wildman–Crippen MR) is 112 cm³/mol. The number of nitrogens with zero attached hydrogens (tertiary/aromatic N) is 7. The molecule has 0 spiro atoms. The van der Waals surface area contributed by atoms with Crippen LogP contribution in [0.15, 0.2) is 48.0 Å². The lowest BCUT2D eigenvalue weighted by Crippen LogP contribution is -2.37. The van der Waals surface area contributed by atoms with Crippen LogP contribution in [0.5, 0.6) is 0 Å². The molecule has 0 atom stereocenters. The monoisotopic (exact) mass is 425 g/mol.